The third-order valence-electron chi connectivity index (χ3n) is 5.65. The van der Waals surface area contributed by atoms with E-state index in [-0.39, 0.29) is 16.5 Å². The molecule has 1 saturated heterocycles. The minimum Gasteiger partial charge on any atom is -0.480 e. The van der Waals surface area contributed by atoms with Gasteiger partial charge in [0, 0.05) is 30.2 Å². The first-order chi connectivity index (χ1) is 16.5. The lowest BCUT2D eigenvalue weighted by molar-refractivity contribution is 0.123. The lowest BCUT2D eigenvalue weighted by Gasteiger charge is -2.29. The number of ether oxygens (including phenoxy) is 2. The molecule has 0 unspecified atom stereocenters. The van der Waals surface area contributed by atoms with Gasteiger partial charge in [0.2, 0.25) is 5.88 Å². The summed E-state index contributed by atoms with van der Waals surface area (Å²) in [5.74, 6) is 0.184. The number of nitrogens with one attached hydrogen (secondary N) is 1. The Bertz CT molecular complexity index is 1420. The molecule has 9 nitrogen and oxygen atoms in total. The highest BCUT2D eigenvalue weighted by Crippen LogP contribution is 2.33. The molecule has 0 atom stereocenters. The van der Waals surface area contributed by atoms with Crippen LogP contribution in [0.3, 0.4) is 0 Å². The van der Waals surface area contributed by atoms with Crippen LogP contribution in [0.4, 0.5) is 11.4 Å². The van der Waals surface area contributed by atoms with Crippen molar-refractivity contribution < 1.29 is 17.9 Å². The monoisotopic (exact) mass is 477 g/mol. The van der Waals surface area contributed by atoms with Gasteiger partial charge in [-0.2, -0.15) is 10.2 Å². The van der Waals surface area contributed by atoms with E-state index in [2.05, 4.69) is 24.8 Å². The van der Waals surface area contributed by atoms with Crippen molar-refractivity contribution in [2.75, 3.05) is 43.0 Å². The van der Waals surface area contributed by atoms with E-state index in [0.717, 1.165) is 40.8 Å². The first-order valence-electron chi connectivity index (χ1n) is 10.8. The van der Waals surface area contributed by atoms with Gasteiger partial charge >= 0.3 is 0 Å². The number of anilines is 2. The number of benzene rings is 2. The van der Waals surface area contributed by atoms with Crippen molar-refractivity contribution in [3.05, 3.63) is 67.0 Å². The maximum atomic E-state index is 12.9. The minimum atomic E-state index is -3.81. The highest BCUT2D eigenvalue weighted by atomic mass is 32.2. The largest absolute Gasteiger partial charge is 0.480 e. The average Bonchev–Trinajstić information content (AvgIpc) is 2.89. The van der Waals surface area contributed by atoms with E-state index in [1.807, 2.05) is 18.2 Å². The van der Waals surface area contributed by atoms with Gasteiger partial charge in [0.15, 0.2) is 0 Å². The summed E-state index contributed by atoms with van der Waals surface area (Å²) >= 11 is 0. The molecule has 1 fully saturated rings. The van der Waals surface area contributed by atoms with Gasteiger partial charge < -0.3 is 14.4 Å². The van der Waals surface area contributed by atoms with E-state index < -0.39 is 10.0 Å². The second kappa shape index (κ2) is 9.24. The van der Waals surface area contributed by atoms with Crippen LogP contribution in [0.25, 0.3) is 22.0 Å². The number of aromatic nitrogens is 3. The summed E-state index contributed by atoms with van der Waals surface area (Å²) in [6.45, 7) is 2.88. The summed E-state index contributed by atoms with van der Waals surface area (Å²) in [5.41, 5.74) is 3.62. The zero-order valence-corrected chi connectivity index (χ0v) is 19.3. The van der Waals surface area contributed by atoms with E-state index in [1.165, 1.54) is 19.2 Å². The van der Waals surface area contributed by atoms with Crippen molar-refractivity contribution in [2.45, 2.75) is 4.90 Å². The van der Waals surface area contributed by atoms with Gasteiger partial charge in [0.05, 0.1) is 42.6 Å². The van der Waals surface area contributed by atoms with Crippen LogP contribution in [0.1, 0.15) is 0 Å². The normalized spacial score (nSPS) is 14.2. The van der Waals surface area contributed by atoms with Crippen molar-refractivity contribution in [2.24, 2.45) is 0 Å². The number of hydrogen-bond acceptors (Lipinski definition) is 8. The Morgan fingerprint density at radius 1 is 1.00 bits per heavy atom. The third kappa shape index (κ3) is 4.37. The number of rotatable bonds is 6. The van der Waals surface area contributed by atoms with Gasteiger partial charge in [-0.05, 0) is 35.9 Å². The average molecular weight is 478 g/mol. The Morgan fingerprint density at radius 2 is 1.79 bits per heavy atom. The fraction of sp³-hybridized carbons (Fsp3) is 0.208. The van der Waals surface area contributed by atoms with E-state index in [9.17, 15) is 8.42 Å². The van der Waals surface area contributed by atoms with Gasteiger partial charge in [0.25, 0.3) is 10.0 Å². The zero-order chi connectivity index (χ0) is 23.5. The third-order valence-corrected chi connectivity index (χ3v) is 7.03. The van der Waals surface area contributed by atoms with Gasteiger partial charge in [-0.3, -0.25) is 4.72 Å². The molecule has 1 aliphatic rings. The van der Waals surface area contributed by atoms with E-state index >= 15 is 0 Å². The fourth-order valence-electron chi connectivity index (χ4n) is 3.93. The Labute approximate surface area is 197 Å². The lowest BCUT2D eigenvalue weighted by atomic mass is 10.0. The Morgan fingerprint density at radius 3 is 2.56 bits per heavy atom. The number of methoxy groups -OCH3 is 1. The topological polar surface area (TPSA) is 107 Å². The number of fused-ring (bicyclic) bond motifs is 1. The summed E-state index contributed by atoms with van der Waals surface area (Å²) in [5, 5.41) is 9.38. The van der Waals surface area contributed by atoms with Crippen molar-refractivity contribution in [3.8, 4) is 17.0 Å². The SMILES string of the molecule is COc1ncc(-c2ccc3nncc(N4CCOCC4)c3c2)cc1NS(=O)(=O)c1ccccc1. The smallest absolute Gasteiger partial charge is 0.262 e. The van der Waals surface area contributed by atoms with Crippen LogP contribution in [0.15, 0.2) is 71.9 Å². The molecule has 1 aliphatic heterocycles. The molecule has 4 aromatic rings. The highest BCUT2D eigenvalue weighted by Gasteiger charge is 2.19. The molecule has 1 N–H and O–H groups in total. The quantitative estimate of drug-likeness (QED) is 0.451. The predicted molar refractivity (Wildman–Crippen MR) is 130 cm³/mol. The van der Waals surface area contributed by atoms with Crippen LogP contribution in [0.2, 0.25) is 0 Å². The van der Waals surface area contributed by atoms with Crippen molar-refractivity contribution in [3.63, 3.8) is 0 Å². The Balaban J connectivity index is 1.54. The second-order valence-electron chi connectivity index (χ2n) is 7.76. The van der Waals surface area contributed by atoms with E-state index in [4.69, 9.17) is 9.47 Å². The molecule has 34 heavy (non-hydrogen) atoms. The molecular weight excluding hydrogens is 454 g/mol. The molecule has 0 bridgehead atoms. The molecule has 3 heterocycles. The van der Waals surface area contributed by atoms with Gasteiger partial charge in [-0.25, -0.2) is 13.4 Å². The number of morpholine rings is 1. The first kappa shape index (κ1) is 22.1. The molecule has 5 rings (SSSR count). The molecule has 0 spiro atoms. The van der Waals surface area contributed by atoms with Crippen LogP contribution in [-0.2, 0) is 14.8 Å². The number of hydrogen-bond donors (Lipinski definition) is 1. The molecule has 0 amide bonds. The molecular formula is C24H23N5O4S. The molecule has 0 aliphatic carbocycles. The number of pyridine rings is 1. The molecule has 2 aromatic heterocycles. The standard InChI is InChI=1S/C24H23N5O4S/c1-32-24-22(28-34(30,31)19-5-3-2-4-6-19)14-18(15-25-24)17-7-8-21-20(13-17)23(16-26-27-21)29-9-11-33-12-10-29/h2-8,13-16,28H,9-12H2,1H3. The lowest BCUT2D eigenvalue weighted by Crippen LogP contribution is -2.36. The van der Waals surface area contributed by atoms with Crippen molar-refractivity contribution in [1.29, 1.82) is 0 Å². The molecule has 10 heteroatoms. The van der Waals surface area contributed by atoms with E-state index in [0.29, 0.717) is 13.2 Å². The molecule has 0 saturated carbocycles. The number of sulfonamides is 1. The second-order valence-corrected chi connectivity index (χ2v) is 9.44. The summed E-state index contributed by atoms with van der Waals surface area (Å²) in [7, 11) is -2.36. The fourth-order valence-corrected chi connectivity index (χ4v) is 5.00. The summed E-state index contributed by atoms with van der Waals surface area (Å²) in [4.78, 5) is 6.73. The Hall–Kier alpha value is -3.76. The predicted octanol–water partition coefficient (Wildman–Crippen LogP) is 3.34. The molecule has 174 valence electrons. The molecule has 0 radical (unpaired) electrons. The summed E-state index contributed by atoms with van der Waals surface area (Å²) in [6, 6.07) is 15.7. The van der Waals surface area contributed by atoms with Crippen LogP contribution >= 0.6 is 0 Å². The van der Waals surface area contributed by atoms with Crippen LogP contribution < -0.4 is 14.4 Å². The van der Waals surface area contributed by atoms with Crippen molar-refractivity contribution >= 4 is 32.3 Å². The van der Waals surface area contributed by atoms with Crippen molar-refractivity contribution in [1.82, 2.24) is 15.2 Å². The summed E-state index contributed by atoms with van der Waals surface area (Å²) < 4.78 is 39.2. The maximum absolute atomic E-state index is 12.9. The summed E-state index contributed by atoms with van der Waals surface area (Å²) in [6.07, 6.45) is 3.42. The Kier molecular flexibility index (Phi) is 5.99. The van der Waals surface area contributed by atoms with Crippen LogP contribution in [0, 0.1) is 0 Å². The first-order valence-corrected chi connectivity index (χ1v) is 12.2. The van der Waals surface area contributed by atoms with Gasteiger partial charge in [-0.15, -0.1) is 0 Å². The highest BCUT2D eigenvalue weighted by molar-refractivity contribution is 7.92. The van der Waals surface area contributed by atoms with Gasteiger partial charge in [-0.1, -0.05) is 24.3 Å². The molecule has 2 aromatic carbocycles. The minimum absolute atomic E-state index is 0.155. The van der Waals surface area contributed by atoms with E-state index in [1.54, 1.807) is 36.7 Å². The van der Waals surface area contributed by atoms with Crippen LogP contribution in [0.5, 0.6) is 5.88 Å². The van der Waals surface area contributed by atoms with Gasteiger partial charge in [0.1, 0.15) is 5.69 Å². The number of nitrogens with zero attached hydrogens (tertiary/aromatic N) is 4. The zero-order valence-electron chi connectivity index (χ0n) is 18.5. The van der Waals surface area contributed by atoms with Crippen LogP contribution in [-0.4, -0.2) is 57.0 Å². The maximum Gasteiger partial charge on any atom is 0.262 e.